The van der Waals surface area contributed by atoms with Crippen molar-refractivity contribution >= 4 is 10.9 Å². The van der Waals surface area contributed by atoms with Gasteiger partial charge in [0.2, 0.25) is 0 Å². The van der Waals surface area contributed by atoms with Crippen molar-refractivity contribution in [2.45, 2.75) is 32.2 Å². The van der Waals surface area contributed by atoms with Gasteiger partial charge in [0.05, 0.1) is 11.2 Å². The summed E-state index contributed by atoms with van der Waals surface area (Å²) in [5.41, 5.74) is 2.16. The highest BCUT2D eigenvalue weighted by molar-refractivity contribution is 5.81. The lowest BCUT2D eigenvalue weighted by Gasteiger charge is -2.22. The van der Waals surface area contributed by atoms with E-state index >= 15 is 0 Å². The second kappa shape index (κ2) is 5.23. The van der Waals surface area contributed by atoms with E-state index in [9.17, 15) is 0 Å². The lowest BCUT2D eigenvalue weighted by molar-refractivity contribution is 0.467. The number of benzene rings is 1. The van der Waals surface area contributed by atoms with Crippen molar-refractivity contribution in [2.75, 3.05) is 7.05 Å². The maximum absolute atomic E-state index is 4.47. The SMILES string of the molecule is CCC(NC)C(C)c1ncnc2ccccc12. The lowest BCUT2D eigenvalue weighted by Crippen LogP contribution is -2.30. The van der Waals surface area contributed by atoms with Gasteiger partial charge in [-0.25, -0.2) is 9.97 Å². The maximum atomic E-state index is 4.47. The topological polar surface area (TPSA) is 37.8 Å². The molecule has 2 aromatic rings. The zero-order valence-corrected chi connectivity index (χ0v) is 10.6. The summed E-state index contributed by atoms with van der Waals surface area (Å²) in [4.78, 5) is 8.78. The van der Waals surface area contributed by atoms with Crippen LogP contribution in [0.15, 0.2) is 30.6 Å². The van der Waals surface area contributed by atoms with Crippen molar-refractivity contribution < 1.29 is 0 Å². The predicted molar refractivity (Wildman–Crippen MR) is 71.1 cm³/mol. The molecule has 0 aliphatic rings. The van der Waals surface area contributed by atoms with Crippen LogP contribution in [-0.4, -0.2) is 23.1 Å². The largest absolute Gasteiger partial charge is 0.316 e. The Morgan fingerprint density at radius 1 is 1.24 bits per heavy atom. The molecule has 0 amide bonds. The zero-order chi connectivity index (χ0) is 12.3. The first-order chi connectivity index (χ1) is 8.27. The predicted octanol–water partition coefficient (Wildman–Crippen LogP) is 2.73. The zero-order valence-electron chi connectivity index (χ0n) is 10.6. The molecule has 3 nitrogen and oxygen atoms in total. The van der Waals surface area contributed by atoms with Crippen LogP contribution in [0.2, 0.25) is 0 Å². The van der Waals surface area contributed by atoms with Gasteiger partial charge in [-0.3, -0.25) is 0 Å². The Balaban J connectivity index is 2.47. The van der Waals surface area contributed by atoms with Crippen molar-refractivity contribution in [1.29, 1.82) is 0 Å². The summed E-state index contributed by atoms with van der Waals surface area (Å²) < 4.78 is 0. The first-order valence-electron chi connectivity index (χ1n) is 6.14. The van der Waals surface area contributed by atoms with E-state index in [-0.39, 0.29) is 0 Å². The van der Waals surface area contributed by atoms with E-state index in [4.69, 9.17) is 0 Å². The highest BCUT2D eigenvalue weighted by atomic mass is 14.9. The van der Waals surface area contributed by atoms with E-state index in [0.29, 0.717) is 12.0 Å². The minimum Gasteiger partial charge on any atom is -0.316 e. The summed E-state index contributed by atoms with van der Waals surface area (Å²) in [7, 11) is 2.01. The number of hydrogen-bond acceptors (Lipinski definition) is 3. The number of rotatable bonds is 4. The van der Waals surface area contributed by atoms with Crippen molar-refractivity contribution in [3.63, 3.8) is 0 Å². The summed E-state index contributed by atoms with van der Waals surface area (Å²) in [6, 6.07) is 8.65. The Morgan fingerprint density at radius 3 is 2.71 bits per heavy atom. The van der Waals surface area contributed by atoms with Gasteiger partial charge in [0, 0.05) is 17.3 Å². The fourth-order valence-electron chi connectivity index (χ4n) is 2.39. The van der Waals surface area contributed by atoms with Crippen LogP contribution in [0.4, 0.5) is 0 Å². The minimum atomic E-state index is 0.387. The molecule has 17 heavy (non-hydrogen) atoms. The van der Waals surface area contributed by atoms with Gasteiger partial charge in [0.25, 0.3) is 0 Å². The molecule has 0 spiro atoms. The second-order valence-electron chi connectivity index (χ2n) is 4.37. The molecule has 1 aromatic heterocycles. The smallest absolute Gasteiger partial charge is 0.116 e. The Kier molecular flexibility index (Phi) is 3.69. The molecule has 0 bridgehead atoms. The van der Waals surface area contributed by atoms with E-state index in [2.05, 4.69) is 35.2 Å². The quantitative estimate of drug-likeness (QED) is 0.876. The van der Waals surface area contributed by atoms with E-state index in [1.54, 1.807) is 6.33 Å². The normalized spacial score (nSPS) is 14.8. The molecule has 0 fully saturated rings. The first-order valence-corrected chi connectivity index (χ1v) is 6.14. The molecule has 2 unspecified atom stereocenters. The van der Waals surface area contributed by atoms with Gasteiger partial charge in [-0.1, -0.05) is 32.0 Å². The summed E-state index contributed by atoms with van der Waals surface area (Å²) >= 11 is 0. The Morgan fingerprint density at radius 2 is 2.00 bits per heavy atom. The number of para-hydroxylation sites is 1. The molecule has 0 aliphatic heterocycles. The highest BCUT2D eigenvalue weighted by Gasteiger charge is 2.18. The molecule has 1 aromatic carbocycles. The van der Waals surface area contributed by atoms with E-state index in [1.165, 1.54) is 0 Å². The third kappa shape index (κ3) is 2.29. The number of hydrogen-bond donors (Lipinski definition) is 1. The second-order valence-corrected chi connectivity index (χ2v) is 4.37. The molecule has 0 saturated heterocycles. The Labute approximate surface area is 102 Å². The van der Waals surface area contributed by atoms with E-state index in [1.807, 2.05) is 25.2 Å². The van der Waals surface area contributed by atoms with Crippen molar-refractivity contribution in [2.24, 2.45) is 0 Å². The molecule has 0 radical (unpaired) electrons. The molecule has 90 valence electrons. The van der Waals surface area contributed by atoms with Crippen LogP contribution in [0.1, 0.15) is 31.9 Å². The lowest BCUT2D eigenvalue weighted by atomic mass is 9.93. The van der Waals surface area contributed by atoms with Crippen LogP contribution >= 0.6 is 0 Å². The fourth-order valence-corrected chi connectivity index (χ4v) is 2.39. The molecule has 2 atom stereocenters. The fraction of sp³-hybridized carbons (Fsp3) is 0.429. The van der Waals surface area contributed by atoms with Gasteiger partial charge in [0.1, 0.15) is 6.33 Å². The van der Waals surface area contributed by atoms with Crippen LogP contribution < -0.4 is 5.32 Å². The molecule has 1 N–H and O–H groups in total. The van der Waals surface area contributed by atoms with Gasteiger partial charge >= 0.3 is 0 Å². The van der Waals surface area contributed by atoms with Gasteiger partial charge in [0.15, 0.2) is 0 Å². The standard InChI is InChI=1S/C14H19N3/c1-4-12(15-3)10(2)14-11-7-5-6-8-13(11)16-9-17-14/h5-10,12,15H,4H2,1-3H3. The number of aromatic nitrogens is 2. The number of nitrogens with one attached hydrogen (secondary N) is 1. The van der Waals surface area contributed by atoms with E-state index < -0.39 is 0 Å². The molecular formula is C14H19N3. The monoisotopic (exact) mass is 229 g/mol. The van der Waals surface area contributed by atoms with Crippen molar-refractivity contribution in [1.82, 2.24) is 15.3 Å². The third-order valence-corrected chi connectivity index (χ3v) is 3.42. The summed E-state index contributed by atoms with van der Waals surface area (Å²) in [5, 5.41) is 4.52. The van der Waals surface area contributed by atoms with Gasteiger partial charge in [-0.2, -0.15) is 0 Å². The average molecular weight is 229 g/mol. The van der Waals surface area contributed by atoms with Crippen molar-refractivity contribution in [3.05, 3.63) is 36.3 Å². The number of likely N-dealkylation sites (N-methyl/N-ethyl adjacent to an activating group) is 1. The molecule has 1 heterocycles. The van der Waals surface area contributed by atoms with Gasteiger partial charge < -0.3 is 5.32 Å². The average Bonchev–Trinajstić information content (AvgIpc) is 2.39. The summed E-state index contributed by atoms with van der Waals surface area (Å²) in [6.07, 6.45) is 2.76. The molecule has 0 saturated carbocycles. The van der Waals surface area contributed by atoms with Gasteiger partial charge in [-0.05, 0) is 19.5 Å². The molecule has 0 aliphatic carbocycles. The summed E-state index contributed by atoms with van der Waals surface area (Å²) in [5.74, 6) is 0.387. The van der Waals surface area contributed by atoms with Crippen LogP contribution in [0.5, 0.6) is 0 Å². The third-order valence-electron chi connectivity index (χ3n) is 3.42. The Bertz CT molecular complexity index is 486. The van der Waals surface area contributed by atoms with Crippen LogP contribution in [0.25, 0.3) is 10.9 Å². The Hall–Kier alpha value is -1.48. The van der Waals surface area contributed by atoms with Crippen LogP contribution in [-0.2, 0) is 0 Å². The van der Waals surface area contributed by atoms with Gasteiger partial charge in [-0.15, -0.1) is 0 Å². The minimum absolute atomic E-state index is 0.387. The highest BCUT2D eigenvalue weighted by Crippen LogP contribution is 2.25. The number of fused-ring (bicyclic) bond motifs is 1. The molecular weight excluding hydrogens is 210 g/mol. The molecule has 2 rings (SSSR count). The van der Waals surface area contributed by atoms with E-state index in [0.717, 1.165) is 23.0 Å². The maximum Gasteiger partial charge on any atom is 0.116 e. The van der Waals surface area contributed by atoms with Crippen LogP contribution in [0.3, 0.4) is 0 Å². The summed E-state index contributed by atoms with van der Waals surface area (Å²) in [6.45, 7) is 4.42. The number of nitrogens with zero attached hydrogens (tertiary/aromatic N) is 2. The first kappa shape index (κ1) is 12.0. The molecule has 3 heteroatoms. The van der Waals surface area contributed by atoms with Crippen LogP contribution in [0, 0.1) is 0 Å². The van der Waals surface area contributed by atoms with Crippen molar-refractivity contribution in [3.8, 4) is 0 Å².